The third-order valence-electron chi connectivity index (χ3n) is 6.18. The summed E-state index contributed by atoms with van der Waals surface area (Å²) in [6, 6.07) is 6.30. The van der Waals surface area contributed by atoms with Crippen LogP contribution < -0.4 is 5.32 Å². The van der Waals surface area contributed by atoms with Crippen LogP contribution in [0.4, 0.5) is 5.69 Å². The van der Waals surface area contributed by atoms with E-state index in [0.29, 0.717) is 44.5 Å². The number of para-hydroxylation sites is 1. The Morgan fingerprint density at radius 3 is 2.23 bits per heavy atom. The number of nitrogens with zero attached hydrogens (tertiary/aromatic N) is 2. The summed E-state index contributed by atoms with van der Waals surface area (Å²) in [6.07, 6.45) is 2.04. The summed E-state index contributed by atoms with van der Waals surface area (Å²) in [5.41, 5.74) is 3.37. The minimum Gasteiger partial charge on any atom is -0.368 e. The van der Waals surface area contributed by atoms with E-state index < -0.39 is 0 Å². The summed E-state index contributed by atoms with van der Waals surface area (Å²) in [4.78, 5) is 29.4. The van der Waals surface area contributed by atoms with Crippen molar-refractivity contribution in [2.45, 2.75) is 64.9 Å². The number of carbonyl (C=O) groups excluding carboxylic acids is 2. The summed E-state index contributed by atoms with van der Waals surface area (Å²) in [7, 11) is 0. The van der Waals surface area contributed by atoms with Gasteiger partial charge in [-0.2, -0.15) is 0 Å². The fourth-order valence-corrected chi connectivity index (χ4v) is 4.32. The Morgan fingerprint density at radius 1 is 1.07 bits per heavy atom. The molecule has 2 aliphatic rings. The SMILES string of the molecule is CC(C)c1cccc(C(C)C)c1NC(=O)CCN1CCN(C(=O)[C@H]2CCCO2)CC1. The highest BCUT2D eigenvalue weighted by Gasteiger charge is 2.30. The van der Waals surface area contributed by atoms with Gasteiger partial charge in [-0.3, -0.25) is 14.5 Å². The fourth-order valence-electron chi connectivity index (χ4n) is 4.32. The van der Waals surface area contributed by atoms with Crippen molar-refractivity contribution < 1.29 is 14.3 Å². The normalized spacial score (nSPS) is 20.2. The van der Waals surface area contributed by atoms with E-state index in [0.717, 1.165) is 31.6 Å². The zero-order chi connectivity index (χ0) is 21.7. The van der Waals surface area contributed by atoms with E-state index in [1.165, 1.54) is 11.1 Å². The van der Waals surface area contributed by atoms with Crippen molar-refractivity contribution in [3.8, 4) is 0 Å². The van der Waals surface area contributed by atoms with Gasteiger partial charge in [0, 0.05) is 51.4 Å². The third-order valence-corrected chi connectivity index (χ3v) is 6.18. The Balaban J connectivity index is 1.49. The lowest BCUT2D eigenvalue weighted by Gasteiger charge is -2.35. The maximum Gasteiger partial charge on any atom is 0.251 e. The average molecular weight is 416 g/mol. The molecule has 0 aromatic heterocycles. The number of amides is 2. The Kier molecular flexibility index (Phi) is 7.89. The molecule has 0 radical (unpaired) electrons. The number of piperazine rings is 1. The van der Waals surface area contributed by atoms with Crippen molar-refractivity contribution in [1.29, 1.82) is 0 Å². The molecule has 6 nitrogen and oxygen atoms in total. The predicted molar refractivity (Wildman–Crippen MR) is 120 cm³/mol. The second kappa shape index (κ2) is 10.4. The molecule has 0 bridgehead atoms. The summed E-state index contributed by atoms with van der Waals surface area (Å²) in [6.45, 7) is 13.1. The molecule has 2 saturated heterocycles. The minimum absolute atomic E-state index is 0.0582. The summed E-state index contributed by atoms with van der Waals surface area (Å²) in [5, 5.41) is 3.20. The van der Waals surface area contributed by atoms with E-state index >= 15 is 0 Å². The van der Waals surface area contributed by atoms with Gasteiger partial charge in [0.25, 0.3) is 5.91 Å². The van der Waals surface area contributed by atoms with Crippen LogP contribution in [0, 0.1) is 0 Å². The highest BCUT2D eigenvalue weighted by molar-refractivity contribution is 5.92. The van der Waals surface area contributed by atoms with Crippen LogP contribution in [0.3, 0.4) is 0 Å². The van der Waals surface area contributed by atoms with Crippen LogP contribution in [0.15, 0.2) is 18.2 Å². The second-order valence-electron chi connectivity index (χ2n) is 9.09. The van der Waals surface area contributed by atoms with Gasteiger partial charge in [0.05, 0.1) is 0 Å². The number of hydrogen-bond donors (Lipinski definition) is 1. The Morgan fingerprint density at radius 2 is 1.70 bits per heavy atom. The number of ether oxygens (including phenoxy) is 1. The molecule has 1 N–H and O–H groups in total. The number of benzene rings is 1. The quantitative estimate of drug-likeness (QED) is 0.739. The number of nitrogens with one attached hydrogen (secondary N) is 1. The van der Waals surface area contributed by atoms with E-state index in [2.05, 4.69) is 56.1 Å². The van der Waals surface area contributed by atoms with Crippen LogP contribution in [0.5, 0.6) is 0 Å². The molecule has 1 atom stereocenters. The van der Waals surface area contributed by atoms with Crippen molar-refractivity contribution in [2.75, 3.05) is 44.6 Å². The number of rotatable bonds is 7. The predicted octanol–water partition coefficient (Wildman–Crippen LogP) is 3.59. The maximum absolute atomic E-state index is 12.7. The molecule has 166 valence electrons. The zero-order valence-electron chi connectivity index (χ0n) is 18.9. The fraction of sp³-hybridized carbons (Fsp3) is 0.667. The zero-order valence-corrected chi connectivity index (χ0v) is 18.9. The van der Waals surface area contributed by atoms with Crippen LogP contribution in [-0.2, 0) is 14.3 Å². The highest BCUT2D eigenvalue weighted by atomic mass is 16.5. The van der Waals surface area contributed by atoms with E-state index in [4.69, 9.17) is 4.74 Å². The van der Waals surface area contributed by atoms with Crippen LogP contribution in [-0.4, -0.2) is 67.0 Å². The molecule has 6 heteroatoms. The van der Waals surface area contributed by atoms with Crippen LogP contribution in [0.1, 0.15) is 69.9 Å². The molecule has 30 heavy (non-hydrogen) atoms. The molecular formula is C24H37N3O3. The van der Waals surface area contributed by atoms with E-state index in [9.17, 15) is 9.59 Å². The Hall–Kier alpha value is -1.92. The second-order valence-corrected chi connectivity index (χ2v) is 9.09. The molecule has 2 amide bonds. The molecule has 2 heterocycles. The van der Waals surface area contributed by atoms with Gasteiger partial charge >= 0.3 is 0 Å². The molecule has 0 saturated carbocycles. The van der Waals surface area contributed by atoms with Gasteiger partial charge in [-0.15, -0.1) is 0 Å². The number of anilines is 1. The average Bonchev–Trinajstić information content (AvgIpc) is 3.27. The maximum atomic E-state index is 12.7. The lowest BCUT2D eigenvalue weighted by molar-refractivity contribution is -0.142. The van der Waals surface area contributed by atoms with Crippen molar-refractivity contribution in [2.24, 2.45) is 0 Å². The first-order valence-corrected chi connectivity index (χ1v) is 11.4. The number of carbonyl (C=O) groups is 2. The Bertz CT molecular complexity index is 707. The van der Waals surface area contributed by atoms with Crippen molar-refractivity contribution in [3.63, 3.8) is 0 Å². The van der Waals surface area contributed by atoms with Gasteiger partial charge in [0.15, 0.2) is 0 Å². The molecule has 0 spiro atoms. The molecule has 1 aromatic rings. The summed E-state index contributed by atoms with van der Waals surface area (Å²) < 4.78 is 5.53. The summed E-state index contributed by atoms with van der Waals surface area (Å²) >= 11 is 0. The lowest BCUT2D eigenvalue weighted by Crippen LogP contribution is -2.51. The first-order valence-electron chi connectivity index (χ1n) is 11.4. The standard InChI is InChI=1S/C24H37N3O3/c1-17(2)19-7-5-8-20(18(3)4)23(19)25-22(28)10-11-26-12-14-27(15-13-26)24(29)21-9-6-16-30-21/h5,7-8,17-18,21H,6,9-16H2,1-4H3,(H,25,28)/t21-/m1/s1. The molecule has 2 aliphatic heterocycles. The smallest absolute Gasteiger partial charge is 0.251 e. The van der Waals surface area contributed by atoms with Crippen molar-refractivity contribution >= 4 is 17.5 Å². The van der Waals surface area contributed by atoms with E-state index in [-0.39, 0.29) is 17.9 Å². The largest absolute Gasteiger partial charge is 0.368 e. The third kappa shape index (κ3) is 5.61. The molecule has 1 aromatic carbocycles. The van der Waals surface area contributed by atoms with Gasteiger partial charge < -0.3 is 15.0 Å². The van der Waals surface area contributed by atoms with Gasteiger partial charge in [0.1, 0.15) is 6.10 Å². The topological polar surface area (TPSA) is 61.9 Å². The van der Waals surface area contributed by atoms with Crippen LogP contribution in [0.25, 0.3) is 0 Å². The van der Waals surface area contributed by atoms with Gasteiger partial charge in [-0.05, 0) is 35.8 Å². The summed E-state index contributed by atoms with van der Waals surface area (Å²) in [5.74, 6) is 0.904. The van der Waals surface area contributed by atoms with E-state index in [1.54, 1.807) is 0 Å². The van der Waals surface area contributed by atoms with Gasteiger partial charge in [-0.25, -0.2) is 0 Å². The monoisotopic (exact) mass is 415 g/mol. The number of hydrogen-bond acceptors (Lipinski definition) is 4. The Labute approximate surface area is 180 Å². The first kappa shape index (κ1) is 22.8. The van der Waals surface area contributed by atoms with Crippen molar-refractivity contribution in [1.82, 2.24) is 9.80 Å². The van der Waals surface area contributed by atoms with E-state index in [1.807, 2.05) is 4.90 Å². The first-order chi connectivity index (χ1) is 14.4. The molecule has 3 rings (SSSR count). The molecule has 0 unspecified atom stereocenters. The minimum atomic E-state index is -0.237. The lowest BCUT2D eigenvalue weighted by atomic mass is 9.92. The van der Waals surface area contributed by atoms with Crippen molar-refractivity contribution in [3.05, 3.63) is 29.3 Å². The molecular weight excluding hydrogens is 378 g/mol. The molecule has 2 fully saturated rings. The van der Waals surface area contributed by atoms with Gasteiger partial charge in [0.2, 0.25) is 5.91 Å². The molecule has 0 aliphatic carbocycles. The highest BCUT2D eigenvalue weighted by Crippen LogP contribution is 2.32. The van der Waals surface area contributed by atoms with Crippen LogP contribution in [0.2, 0.25) is 0 Å². The van der Waals surface area contributed by atoms with Crippen LogP contribution >= 0.6 is 0 Å². The van der Waals surface area contributed by atoms with Gasteiger partial charge in [-0.1, -0.05) is 45.9 Å².